The minimum Gasteiger partial charge on any atom is -0.494 e. The largest absolute Gasteiger partial charge is 0.494 e. The molecule has 0 bridgehead atoms. The number of hydrogen-bond donors (Lipinski definition) is 1. The molecule has 1 fully saturated rings. The standard InChI is InChI=1S/C16H23ClN2O2/c1-12-10-14(6-7-15(12)17)21-9-3-5-16(20)19-8-2-4-13(19)11-18/h6-7,10,13H,2-5,8-9,11,18H2,1H3. The van der Waals surface area contributed by atoms with E-state index in [0.717, 1.165) is 35.7 Å². The molecule has 2 N–H and O–H groups in total. The smallest absolute Gasteiger partial charge is 0.222 e. The molecule has 0 aliphatic carbocycles. The van der Waals surface area contributed by atoms with Crippen molar-refractivity contribution in [2.45, 2.75) is 38.6 Å². The van der Waals surface area contributed by atoms with Crippen LogP contribution in [-0.4, -0.2) is 36.5 Å². The third-order valence-corrected chi connectivity index (χ3v) is 4.33. The van der Waals surface area contributed by atoms with Gasteiger partial charge in [-0.05, 0) is 49.9 Å². The molecule has 4 nitrogen and oxygen atoms in total. The monoisotopic (exact) mass is 310 g/mol. The van der Waals surface area contributed by atoms with Crippen molar-refractivity contribution in [2.75, 3.05) is 19.7 Å². The van der Waals surface area contributed by atoms with E-state index in [1.165, 1.54) is 0 Å². The van der Waals surface area contributed by atoms with Crippen LogP contribution < -0.4 is 10.5 Å². The lowest BCUT2D eigenvalue weighted by Gasteiger charge is -2.23. The van der Waals surface area contributed by atoms with E-state index in [9.17, 15) is 4.79 Å². The van der Waals surface area contributed by atoms with E-state index < -0.39 is 0 Å². The number of benzene rings is 1. The molecule has 1 aliphatic rings. The molecule has 0 radical (unpaired) electrons. The van der Waals surface area contributed by atoms with Gasteiger partial charge in [0, 0.05) is 30.6 Å². The van der Waals surface area contributed by atoms with Gasteiger partial charge in [0.25, 0.3) is 0 Å². The molecule has 1 aromatic rings. The van der Waals surface area contributed by atoms with Crippen molar-refractivity contribution in [3.8, 4) is 5.75 Å². The Labute approximate surface area is 131 Å². The van der Waals surface area contributed by atoms with Gasteiger partial charge in [-0.25, -0.2) is 0 Å². The number of nitrogens with two attached hydrogens (primary N) is 1. The predicted octanol–water partition coefficient (Wildman–Crippen LogP) is 2.76. The molecule has 1 heterocycles. The molecule has 0 saturated carbocycles. The van der Waals surface area contributed by atoms with Crippen molar-refractivity contribution in [1.29, 1.82) is 0 Å². The molecule has 1 aliphatic heterocycles. The Morgan fingerprint density at radius 1 is 1.52 bits per heavy atom. The predicted molar refractivity (Wildman–Crippen MR) is 84.7 cm³/mol. The summed E-state index contributed by atoms with van der Waals surface area (Å²) in [5, 5.41) is 0.736. The number of aryl methyl sites for hydroxylation is 1. The number of ether oxygens (including phenoxy) is 1. The zero-order valence-electron chi connectivity index (χ0n) is 12.5. The highest BCUT2D eigenvalue weighted by atomic mass is 35.5. The second-order valence-corrected chi connectivity index (χ2v) is 5.89. The van der Waals surface area contributed by atoms with Crippen molar-refractivity contribution in [3.63, 3.8) is 0 Å². The first-order valence-electron chi connectivity index (χ1n) is 7.50. The first kappa shape index (κ1) is 16.1. The van der Waals surface area contributed by atoms with Crippen LogP contribution in [0.15, 0.2) is 18.2 Å². The van der Waals surface area contributed by atoms with Gasteiger partial charge in [-0.2, -0.15) is 0 Å². The maximum Gasteiger partial charge on any atom is 0.222 e. The Balaban J connectivity index is 1.71. The number of halogens is 1. The fourth-order valence-corrected chi connectivity index (χ4v) is 2.79. The van der Waals surface area contributed by atoms with E-state index in [4.69, 9.17) is 22.1 Å². The summed E-state index contributed by atoms with van der Waals surface area (Å²) < 4.78 is 5.65. The third kappa shape index (κ3) is 4.35. The summed E-state index contributed by atoms with van der Waals surface area (Å²) in [6.07, 6.45) is 3.33. The van der Waals surface area contributed by atoms with Crippen molar-refractivity contribution in [2.24, 2.45) is 5.73 Å². The van der Waals surface area contributed by atoms with Gasteiger partial charge < -0.3 is 15.4 Å². The summed E-state index contributed by atoms with van der Waals surface area (Å²) in [5.74, 6) is 0.990. The van der Waals surface area contributed by atoms with Crippen molar-refractivity contribution in [1.82, 2.24) is 4.90 Å². The van der Waals surface area contributed by atoms with Gasteiger partial charge in [0.1, 0.15) is 5.75 Å². The summed E-state index contributed by atoms with van der Waals surface area (Å²) in [7, 11) is 0. The second kappa shape index (κ2) is 7.66. The molecule has 1 atom stereocenters. The van der Waals surface area contributed by atoms with Gasteiger partial charge in [-0.1, -0.05) is 11.6 Å². The number of carbonyl (C=O) groups excluding carboxylic acids is 1. The van der Waals surface area contributed by atoms with Crippen LogP contribution in [0.5, 0.6) is 5.75 Å². The first-order chi connectivity index (χ1) is 10.1. The lowest BCUT2D eigenvalue weighted by atomic mass is 10.2. The zero-order valence-corrected chi connectivity index (χ0v) is 13.2. The fraction of sp³-hybridized carbons (Fsp3) is 0.562. The molecule has 0 aromatic heterocycles. The SMILES string of the molecule is Cc1cc(OCCCC(=O)N2CCCC2CN)ccc1Cl. The number of likely N-dealkylation sites (tertiary alicyclic amines) is 1. The Kier molecular flexibility index (Phi) is 5.88. The van der Waals surface area contributed by atoms with Crippen LogP contribution in [0.25, 0.3) is 0 Å². The summed E-state index contributed by atoms with van der Waals surface area (Å²) in [6.45, 7) is 3.89. The molecule has 1 saturated heterocycles. The highest BCUT2D eigenvalue weighted by Gasteiger charge is 2.26. The highest BCUT2D eigenvalue weighted by molar-refractivity contribution is 6.31. The Morgan fingerprint density at radius 2 is 2.33 bits per heavy atom. The van der Waals surface area contributed by atoms with E-state index in [-0.39, 0.29) is 11.9 Å². The summed E-state index contributed by atoms with van der Waals surface area (Å²) in [4.78, 5) is 14.0. The summed E-state index contributed by atoms with van der Waals surface area (Å²) >= 11 is 5.97. The molecule has 0 spiro atoms. The Bertz CT molecular complexity index is 493. The van der Waals surface area contributed by atoms with Gasteiger partial charge in [0.15, 0.2) is 0 Å². The number of hydrogen-bond acceptors (Lipinski definition) is 3. The van der Waals surface area contributed by atoms with E-state index in [0.29, 0.717) is 26.0 Å². The summed E-state index contributed by atoms with van der Waals surface area (Å²) in [5.41, 5.74) is 6.68. The van der Waals surface area contributed by atoms with Crippen molar-refractivity contribution in [3.05, 3.63) is 28.8 Å². The topological polar surface area (TPSA) is 55.6 Å². The van der Waals surface area contributed by atoms with Crippen molar-refractivity contribution < 1.29 is 9.53 Å². The quantitative estimate of drug-likeness (QED) is 0.822. The van der Waals surface area contributed by atoms with Gasteiger partial charge >= 0.3 is 0 Å². The maximum atomic E-state index is 12.1. The first-order valence-corrected chi connectivity index (χ1v) is 7.88. The lowest BCUT2D eigenvalue weighted by Crippen LogP contribution is -2.39. The molecule has 1 amide bonds. The molecular weight excluding hydrogens is 288 g/mol. The van der Waals surface area contributed by atoms with Gasteiger partial charge in [0.05, 0.1) is 6.61 Å². The van der Waals surface area contributed by atoms with Crippen LogP contribution in [0, 0.1) is 6.92 Å². The average molecular weight is 311 g/mol. The number of amides is 1. The van der Waals surface area contributed by atoms with Crippen LogP contribution in [0.2, 0.25) is 5.02 Å². The zero-order chi connectivity index (χ0) is 15.2. The Hall–Kier alpha value is -1.26. The number of rotatable bonds is 6. The van der Waals surface area contributed by atoms with Crippen LogP contribution in [0.3, 0.4) is 0 Å². The second-order valence-electron chi connectivity index (χ2n) is 5.48. The minimum atomic E-state index is 0.193. The van der Waals surface area contributed by atoms with Gasteiger partial charge in [-0.3, -0.25) is 4.79 Å². The molecule has 21 heavy (non-hydrogen) atoms. The van der Waals surface area contributed by atoms with E-state index >= 15 is 0 Å². The van der Waals surface area contributed by atoms with Gasteiger partial charge in [-0.15, -0.1) is 0 Å². The molecule has 5 heteroatoms. The van der Waals surface area contributed by atoms with E-state index in [2.05, 4.69) is 0 Å². The molecular formula is C16H23ClN2O2. The van der Waals surface area contributed by atoms with Crippen LogP contribution >= 0.6 is 11.6 Å². The maximum absolute atomic E-state index is 12.1. The van der Waals surface area contributed by atoms with Crippen LogP contribution in [0.1, 0.15) is 31.2 Å². The van der Waals surface area contributed by atoms with Gasteiger partial charge in [0.2, 0.25) is 5.91 Å². The molecule has 1 unspecified atom stereocenters. The molecule has 2 rings (SSSR count). The van der Waals surface area contributed by atoms with Crippen LogP contribution in [0.4, 0.5) is 0 Å². The summed E-state index contributed by atoms with van der Waals surface area (Å²) in [6, 6.07) is 5.82. The van der Waals surface area contributed by atoms with Crippen molar-refractivity contribution >= 4 is 17.5 Å². The Morgan fingerprint density at radius 3 is 3.05 bits per heavy atom. The molecule has 1 aromatic carbocycles. The number of carbonyl (C=O) groups is 1. The fourth-order valence-electron chi connectivity index (χ4n) is 2.67. The van der Waals surface area contributed by atoms with E-state index in [1.807, 2.05) is 30.0 Å². The number of nitrogens with zero attached hydrogens (tertiary/aromatic N) is 1. The average Bonchev–Trinajstić information content (AvgIpc) is 2.95. The third-order valence-electron chi connectivity index (χ3n) is 3.90. The minimum absolute atomic E-state index is 0.193. The molecule has 116 valence electrons. The lowest BCUT2D eigenvalue weighted by molar-refractivity contribution is -0.132. The normalized spacial score (nSPS) is 18.0. The van der Waals surface area contributed by atoms with Crippen LogP contribution in [-0.2, 0) is 4.79 Å². The highest BCUT2D eigenvalue weighted by Crippen LogP contribution is 2.21. The van der Waals surface area contributed by atoms with E-state index in [1.54, 1.807) is 0 Å².